The second-order valence-electron chi connectivity index (χ2n) is 4.22. The molecule has 16 heavy (non-hydrogen) atoms. The van der Waals surface area contributed by atoms with Crippen molar-refractivity contribution < 1.29 is 4.74 Å². The summed E-state index contributed by atoms with van der Waals surface area (Å²) in [6.45, 7) is 4.99. The van der Waals surface area contributed by atoms with Gasteiger partial charge in [0.05, 0.1) is 6.61 Å². The first kappa shape index (κ1) is 11.0. The molecule has 0 aromatic heterocycles. The van der Waals surface area contributed by atoms with Gasteiger partial charge in [-0.05, 0) is 42.6 Å². The lowest BCUT2D eigenvalue weighted by molar-refractivity contribution is 0.238. The summed E-state index contributed by atoms with van der Waals surface area (Å²) >= 11 is 0. The summed E-state index contributed by atoms with van der Waals surface area (Å²) in [5, 5.41) is 0. The van der Waals surface area contributed by atoms with Crippen molar-refractivity contribution in [2.45, 2.75) is 20.3 Å². The van der Waals surface area contributed by atoms with E-state index in [1.165, 1.54) is 11.1 Å². The smallest absolute Gasteiger partial charge is 0.115 e. The van der Waals surface area contributed by atoms with E-state index in [0.717, 1.165) is 18.8 Å². The van der Waals surface area contributed by atoms with Crippen LogP contribution < -0.4 is 0 Å². The maximum atomic E-state index is 5.59. The SMILES string of the molecule is CCOC1=CC(C)CC(c2ccccc2)=C1. The van der Waals surface area contributed by atoms with Crippen LogP contribution in [-0.4, -0.2) is 6.61 Å². The summed E-state index contributed by atoms with van der Waals surface area (Å²) in [6.07, 6.45) is 5.47. The standard InChI is InChI=1S/C15H18O/c1-3-16-15-10-12(2)9-14(11-15)13-7-5-4-6-8-13/h4-8,10-12H,3,9H2,1-2H3. The van der Waals surface area contributed by atoms with Gasteiger partial charge in [0.1, 0.15) is 5.76 Å². The fourth-order valence-corrected chi connectivity index (χ4v) is 2.07. The second-order valence-corrected chi connectivity index (χ2v) is 4.22. The highest BCUT2D eigenvalue weighted by molar-refractivity contribution is 5.69. The molecule has 1 aliphatic carbocycles. The molecule has 0 N–H and O–H groups in total. The normalized spacial score (nSPS) is 20.0. The Hall–Kier alpha value is -1.50. The van der Waals surface area contributed by atoms with Gasteiger partial charge in [0.25, 0.3) is 0 Å². The number of benzene rings is 1. The topological polar surface area (TPSA) is 9.23 Å². The van der Waals surface area contributed by atoms with E-state index >= 15 is 0 Å². The zero-order chi connectivity index (χ0) is 11.4. The van der Waals surface area contributed by atoms with Crippen molar-refractivity contribution in [3.8, 4) is 0 Å². The van der Waals surface area contributed by atoms with Gasteiger partial charge in [-0.3, -0.25) is 0 Å². The molecule has 0 amide bonds. The van der Waals surface area contributed by atoms with Crippen molar-refractivity contribution >= 4 is 5.57 Å². The number of rotatable bonds is 3. The first-order valence-corrected chi connectivity index (χ1v) is 5.90. The molecule has 0 aliphatic heterocycles. The van der Waals surface area contributed by atoms with E-state index in [9.17, 15) is 0 Å². The number of hydrogen-bond acceptors (Lipinski definition) is 1. The van der Waals surface area contributed by atoms with Crippen LogP contribution >= 0.6 is 0 Å². The lowest BCUT2D eigenvalue weighted by Crippen LogP contribution is -2.03. The molecule has 0 heterocycles. The Morgan fingerprint density at radius 3 is 2.69 bits per heavy atom. The molecule has 1 nitrogen and oxygen atoms in total. The van der Waals surface area contributed by atoms with E-state index in [1.807, 2.05) is 6.92 Å². The molecule has 1 aromatic rings. The largest absolute Gasteiger partial charge is 0.494 e. The average Bonchev–Trinajstić information content (AvgIpc) is 2.30. The van der Waals surface area contributed by atoms with Crippen LogP contribution in [0.15, 0.2) is 48.2 Å². The van der Waals surface area contributed by atoms with Crippen molar-refractivity contribution in [1.29, 1.82) is 0 Å². The molecule has 84 valence electrons. The predicted molar refractivity (Wildman–Crippen MR) is 67.9 cm³/mol. The van der Waals surface area contributed by atoms with Gasteiger partial charge in [-0.1, -0.05) is 37.3 Å². The van der Waals surface area contributed by atoms with Gasteiger partial charge in [-0.15, -0.1) is 0 Å². The van der Waals surface area contributed by atoms with Crippen LogP contribution in [0.5, 0.6) is 0 Å². The fourth-order valence-electron chi connectivity index (χ4n) is 2.07. The minimum absolute atomic E-state index is 0.557. The lowest BCUT2D eigenvalue weighted by Gasteiger charge is -2.19. The summed E-state index contributed by atoms with van der Waals surface area (Å²) < 4.78 is 5.59. The predicted octanol–water partition coefficient (Wildman–Crippen LogP) is 4.03. The van der Waals surface area contributed by atoms with Crippen molar-refractivity contribution in [1.82, 2.24) is 0 Å². The summed E-state index contributed by atoms with van der Waals surface area (Å²) in [5.41, 5.74) is 2.68. The summed E-state index contributed by atoms with van der Waals surface area (Å²) in [5.74, 6) is 1.57. The van der Waals surface area contributed by atoms with Gasteiger partial charge in [0, 0.05) is 0 Å². The summed E-state index contributed by atoms with van der Waals surface area (Å²) in [4.78, 5) is 0. The van der Waals surface area contributed by atoms with Gasteiger partial charge in [-0.2, -0.15) is 0 Å². The Labute approximate surface area is 97.4 Å². The first-order valence-electron chi connectivity index (χ1n) is 5.90. The molecule has 0 saturated carbocycles. The van der Waals surface area contributed by atoms with Gasteiger partial charge < -0.3 is 4.74 Å². The third-order valence-corrected chi connectivity index (χ3v) is 2.76. The lowest BCUT2D eigenvalue weighted by atomic mass is 9.90. The van der Waals surface area contributed by atoms with Gasteiger partial charge in [-0.25, -0.2) is 0 Å². The van der Waals surface area contributed by atoms with Gasteiger partial charge >= 0.3 is 0 Å². The van der Waals surface area contributed by atoms with Gasteiger partial charge in [0.15, 0.2) is 0 Å². The molecule has 1 aromatic carbocycles. The second kappa shape index (κ2) is 5.02. The van der Waals surface area contributed by atoms with Crippen LogP contribution in [-0.2, 0) is 4.74 Å². The molecule has 1 aliphatic rings. The van der Waals surface area contributed by atoms with Crippen LogP contribution in [0.3, 0.4) is 0 Å². The molecule has 1 unspecified atom stereocenters. The van der Waals surface area contributed by atoms with Crippen molar-refractivity contribution in [2.24, 2.45) is 5.92 Å². The van der Waals surface area contributed by atoms with E-state index in [0.29, 0.717) is 5.92 Å². The van der Waals surface area contributed by atoms with Crippen LogP contribution in [0.4, 0.5) is 0 Å². The Morgan fingerprint density at radius 1 is 1.25 bits per heavy atom. The molecule has 0 radical (unpaired) electrons. The molecular formula is C15H18O. The van der Waals surface area contributed by atoms with E-state index in [1.54, 1.807) is 0 Å². The van der Waals surface area contributed by atoms with Crippen LogP contribution in [0.2, 0.25) is 0 Å². The molecular weight excluding hydrogens is 196 g/mol. The molecule has 1 heteroatoms. The quantitative estimate of drug-likeness (QED) is 0.738. The minimum Gasteiger partial charge on any atom is -0.494 e. The van der Waals surface area contributed by atoms with E-state index in [4.69, 9.17) is 4.74 Å². The Balaban J connectivity index is 2.25. The van der Waals surface area contributed by atoms with E-state index in [2.05, 4.69) is 49.4 Å². The summed E-state index contributed by atoms with van der Waals surface area (Å²) in [6, 6.07) is 10.5. The highest BCUT2D eigenvalue weighted by atomic mass is 16.5. The third-order valence-electron chi connectivity index (χ3n) is 2.76. The zero-order valence-electron chi connectivity index (χ0n) is 9.94. The monoisotopic (exact) mass is 214 g/mol. The highest BCUT2D eigenvalue weighted by Gasteiger charge is 2.13. The molecule has 1 atom stereocenters. The summed E-state index contributed by atoms with van der Waals surface area (Å²) in [7, 11) is 0. The minimum atomic E-state index is 0.557. The van der Waals surface area contributed by atoms with Crippen LogP contribution in [0, 0.1) is 5.92 Å². The van der Waals surface area contributed by atoms with Gasteiger partial charge in [0.2, 0.25) is 0 Å². The van der Waals surface area contributed by atoms with E-state index < -0.39 is 0 Å². The Kier molecular flexibility index (Phi) is 3.45. The van der Waals surface area contributed by atoms with Crippen molar-refractivity contribution in [3.63, 3.8) is 0 Å². The van der Waals surface area contributed by atoms with Crippen LogP contribution in [0.25, 0.3) is 5.57 Å². The molecule has 0 fully saturated rings. The molecule has 0 saturated heterocycles. The third kappa shape index (κ3) is 2.54. The van der Waals surface area contributed by atoms with Crippen LogP contribution in [0.1, 0.15) is 25.8 Å². The number of ether oxygens (including phenoxy) is 1. The zero-order valence-corrected chi connectivity index (χ0v) is 9.94. The maximum Gasteiger partial charge on any atom is 0.115 e. The Morgan fingerprint density at radius 2 is 2.00 bits per heavy atom. The van der Waals surface area contributed by atoms with Crippen molar-refractivity contribution in [3.05, 3.63) is 53.8 Å². The highest BCUT2D eigenvalue weighted by Crippen LogP contribution is 2.29. The average molecular weight is 214 g/mol. The Bertz CT molecular complexity index is 401. The molecule has 0 spiro atoms. The maximum absolute atomic E-state index is 5.59. The number of hydrogen-bond donors (Lipinski definition) is 0. The van der Waals surface area contributed by atoms with Crippen molar-refractivity contribution in [2.75, 3.05) is 6.61 Å². The fraction of sp³-hybridized carbons (Fsp3) is 0.333. The molecule has 0 bridgehead atoms. The number of allylic oxidation sites excluding steroid dienone is 3. The molecule has 2 rings (SSSR count). The van der Waals surface area contributed by atoms with E-state index in [-0.39, 0.29) is 0 Å². The first-order chi connectivity index (χ1) is 7.79.